The standard InChI is InChI=1S/C16H19IN2O4/c1-10-13(15(20)23-9-8-22-3)14(18-16(21)19(10)2)11-6-4-5-7-12(11)17/h4-7,14H,8-9H2,1-3H3,(H,18,21). The Labute approximate surface area is 149 Å². The van der Waals surface area contributed by atoms with E-state index in [2.05, 4.69) is 27.9 Å². The summed E-state index contributed by atoms with van der Waals surface area (Å²) in [6, 6.07) is 6.85. The van der Waals surface area contributed by atoms with Gasteiger partial charge in [0.1, 0.15) is 6.61 Å². The second-order valence-electron chi connectivity index (χ2n) is 5.09. The van der Waals surface area contributed by atoms with Crippen LogP contribution >= 0.6 is 22.6 Å². The maximum absolute atomic E-state index is 12.5. The molecule has 1 heterocycles. The Bertz CT molecular complexity index is 645. The Morgan fingerprint density at radius 1 is 1.35 bits per heavy atom. The average Bonchev–Trinajstić information content (AvgIpc) is 2.53. The predicted molar refractivity (Wildman–Crippen MR) is 93.7 cm³/mol. The molecule has 1 N–H and O–H groups in total. The van der Waals surface area contributed by atoms with Gasteiger partial charge in [0.15, 0.2) is 0 Å². The lowest BCUT2D eigenvalue weighted by Crippen LogP contribution is -2.46. The van der Waals surface area contributed by atoms with Gasteiger partial charge in [0.25, 0.3) is 0 Å². The number of carbonyl (C=O) groups is 2. The molecule has 124 valence electrons. The first kappa shape index (κ1) is 17.7. The van der Waals surface area contributed by atoms with E-state index in [1.165, 1.54) is 4.90 Å². The van der Waals surface area contributed by atoms with Gasteiger partial charge in [-0.1, -0.05) is 18.2 Å². The molecule has 1 aliphatic heterocycles. The summed E-state index contributed by atoms with van der Waals surface area (Å²) in [7, 11) is 3.17. The van der Waals surface area contributed by atoms with Crippen molar-refractivity contribution >= 4 is 34.6 Å². The van der Waals surface area contributed by atoms with Crippen LogP contribution in [0.15, 0.2) is 35.5 Å². The summed E-state index contributed by atoms with van der Waals surface area (Å²) >= 11 is 2.19. The summed E-state index contributed by atoms with van der Waals surface area (Å²) in [5.41, 5.74) is 1.89. The molecule has 0 saturated heterocycles. The normalized spacial score (nSPS) is 18.0. The van der Waals surface area contributed by atoms with Gasteiger partial charge in [-0.2, -0.15) is 0 Å². The van der Waals surface area contributed by atoms with Crippen molar-refractivity contribution in [3.8, 4) is 0 Å². The van der Waals surface area contributed by atoms with Crippen LogP contribution in [0.1, 0.15) is 18.5 Å². The van der Waals surface area contributed by atoms with Gasteiger partial charge < -0.3 is 19.7 Å². The fraction of sp³-hybridized carbons (Fsp3) is 0.375. The average molecular weight is 430 g/mol. The molecule has 7 heteroatoms. The predicted octanol–water partition coefficient (Wildman–Crippen LogP) is 2.45. The van der Waals surface area contributed by atoms with E-state index in [-0.39, 0.29) is 12.6 Å². The van der Waals surface area contributed by atoms with E-state index in [0.717, 1.165) is 9.13 Å². The summed E-state index contributed by atoms with van der Waals surface area (Å²) in [4.78, 5) is 26.1. The van der Waals surface area contributed by atoms with Gasteiger partial charge in [-0.25, -0.2) is 9.59 Å². The number of halogens is 1. The van der Waals surface area contributed by atoms with Crippen molar-refractivity contribution in [3.05, 3.63) is 44.7 Å². The van der Waals surface area contributed by atoms with Crippen LogP contribution in [-0.2, 0) is 14.3 Å². The fourth-order valence-electron chi connectivity index (χ4n) is 2.34. The molecule has 1 aromatic rings. The molecule has 1 aromatic carbocycles. The Morgan fingerprint density at radius 3 is 2.70 bits per heavy atom. The number of hydrogen-bond donors (Lipinski definition) is 1. The Morgan fingerprint density at radius 2 is 2.04 bits per heavy atom. The number of nitrogens with one attached hydrogen (secondary N) is 1. The minimum atomic E-state index is -0.526. The van der Waals surface area contributed by atoms with Crippen LogP contribution < -0.4 is 5.32 Å². The van der Waals surface area contributed by atoms with Crippen molar-refractivity contribution in [3.63, 3.8) is 0 Å². The fourth-order valence-corrected chi connectivity index (χ4v) is 3.04. The molecule has 2 amide bonds. The number of carbonyl (C=O) groups excluding carboxylic acids is 2. The van der Waals surface area contributed by atoms with Crippen LogP contribution in [0.25, 0.3) is 0 Å². The lowest BCUT2D eigenvalue weighted by Gasteiger charge is -2.33. The van der Waals surface area contributed by atoms with Gasteiger partial charge in [-0.15, -0.1) is 0 Å². The molecule has 1 aliphatic rings. The summed E-state index contributed by atoms with van der Waals surface area (Å²) in [6.07, 6.45) is 0. The molecular weight excluding hydrogens is 411 g/mol. The summed E-state index contributed by atoms with van der Waals surface area (Å²) < 4.78 is 11.1. The highest BCUT2D eigenvalue weighted by molar-refractivity contribution is 14.1. The number of amides is 2. The van der Waals surface area contributed by atoms with Crippen molar-refractivity contribution in [2.45, 2.75) is 13.0 Å². The van der Waals surface area contributed by atoms with Gasteiger partial charge in [0.2, 0.25) is 0 Å². The van der Waals surface area contributed by atoms with E-state index < -0.39 is 12.0 Å². The van der Waals surface area contributed by atoms with Crippen LogP contribution in [0.4, 0.5) is 4.79 Å². The smallest absolute Gasteiger partial charge is 0.338 e. The number of esters is 1. The zero-order chi connectivity index (χ0) is 17.0. The largest absolute Gasteiger partial charge is 0.460 e. The molecule has 0 fully saturated rings. The van der Waals surface area contributed by atoms with Crippen LogP contribution in [0.2, 0.25) is 0 Å². The van der Waals surface area contributed by atoms with Gasteiger partial charge in [-0.05, 0) is 41.1 Å². The Hall–Kier alpha value is -1.61. The lowest BCUT2D eigenvalue weighted by atomic mass is 9.95. The molecule has 0 spiro atoms. The molecule has 1 unspecified atom stereocenters. The van der Waals surface area contributed by atoms with Crippen molar-refractivity contribution in [2.24, 2.45) is 0 Å². The Balaban J connectivity index is 2.40. The van der Waals surface area contributed by atoms with E-state index >= 15 is 0 Å². The number of rotatable bonds is 5. The van der Waals surface area contributed by atoms with E-state index in [4.69, 9.17) is 9.47 Å². The van der Waals surface area contributed by atoms with Crippen LogP contribution in [0, 0.1) is 3.57 Å². The van der Waals surface area contributed by atoms with Crippen LogP contribution in [0.3, 0.4) is 0 Å². The highest BCUT2D eigenvalue weighted by Crippen LogP contribution is 2.32. The SMILES string of the molecule is COCCOC(=O)C1=C(C)N(C)C(=O)NC1c1ccccc1I. The highest BCUT2D eigenvalue weighted by atomic mass is 127. The molecule has 0 radical (unpaired) electrons. The molecule has 23 heavy (non-hydrogen) atoms. The molecule has 6 nitrogen and oxygen atoms in total. The molecule has 0 bridgehead atoms. The first-order valence-electron chi connectivity index (χ1n) is 7.12. The van der Waals surface area contributed by atoms with Crippen molar-refractivity contribution < 1.29 is 19.1 Å². The van der Waals surface area contributed by atoms with Gasteiger partial charge in [-0.3, -0.25) is 0 Å². The minimum Gasteiger partial charge on any atom is -0.460 e. The molecule has 0 aliphatic carbocycles. The topological polar surface area (TPSA) is 67.9 Å². The number of ether oxygens (including phenoxy) is 2. The molecule has 1 atom stereocenters. The number of allylic oxidation sites excluding steroid dienone is 1. The monoisotopic (exact) mass is 430 g/mol. The van der Waals surface area contributed by atoms with E-state index in [0.29, 0.717) is 17.9 Å². The summed E-state index contributed by atoms with van der Waals surface area (Å²) in [5, 5.41) is 2.87. The van der Waals surface area contributed by atoms with Crippen molar-refractivity contribution in [1.29, 1.82) is 0 Å². The number of urea groups is 1. The van der Waals surface area contributed by atoms with E-state index in [1.807, 2.05) is 24.3 Å². The Kier molecular flexibility index (Phi) is 6.00. The van der Waals surface area contributed by atoms with Gasteiger partial charge in [0.05, 0.1) is 18.2 Å². The molecule has 0 aromatic heterocycles. The van der Waals surface area contributed by atoms with E-state index in [9.17, 15) is 9.59 Å². The van der Waals surface area contributed by atoms with Crippen LogP contribution in [0.5, 0.6) is 0 Å². The lowest BCUT2D eigenvalue weighted by molar-refractivity contribution is -0.140. The molecule has 0 saturated carbocycles. The first-order valence-corrected chi connectivity index (χ1v) is 8.20. The first-order chi connectivity index (χ1) is 11.0. The second kappa shape index (κ2) is 7.78. The third-order valence-electron chi connectivity index (χ3n) is 3.71. The highest BCUT2D eigenvalue weighted by Gasteiger charge is 2.35. The zero-order valence-electron chi connectivity index (χ0n) is 13.3. The maximum Gasteiger partial charge on any atom is 0.338 e. The third-order valence-corrected chi connectivity index (χ3v) is 4.69. The van der Waals surface area contributed by atoms with Gasteiger partial charge in [0, 0.05) is 23.4 Å². The van der Waals surface area contributed by atoms with Crippen molar-refractivity contribution in [2.75, 3.05) is 27.4 Å². The maximum atomic E-state index is 12.5. The van der Waals surface area contributed by atoms with Crippen molar-refractivity contribution in [1.82, 2.24) is 10.2 Å². The summed E-state index contributed by atoms with van der Waals surface area (Å²) in [6.45, 7) is 2.24. The molecule has 2 rings (SSSR count). The molecular formula is C16H19IN2O4. The third kappa shape index (κ3) is 3.84. The zero-order valence-corrected chi connectivity index (χ0v) is 15.4. The minimum absolute atomic E-state index is 0.169. The van der Waals surface area contributed by atoms with Gasteiger partial charge >= 0.3 is 12.0 Å². The van der Waals surface area contributed by atoms with Crippen LogP contribution in [-0.4, -0.2) is 44.3 Å². The van der Waals surface area contributed by atoms with E-state index in [1.54, 1.807) is 21.1 Å². The number of nitrogens with zero attached hydrogens (tertiary/aromatic N) is 1. The quantitative estimate of drug-likeness (QED) is 0.443. The number of benzene rings is 1. The number of hydrogen-bond acceptors (Lipinski definition) is 4. The second-order valence-corrected chi connectivity index (χ2v) is 6.25. The number of methoxy groups -OCH3 is 1. The summed E-state index contributed by atoms with van der Waals surface area (Å²) in [5.74, 6) is -0.448.